The summed E-state index contributed by atoms with van der Waals surface area (Å²) in [5, 5.41) is 10.4. The summed E-state index contributed by atoms with van der Waals surface area (Å²) in [6.45, 7) is 5.99. The molecule has 0 unspecified atom stereocenters. The lowest BCUT2D eigenvalue weighted by Crippen LogP contribution is -2.50. The number of carbonyl (C=O) groups is 2. The van der Waals surface area contributed by atoms with Crippen LogP contribution < -0.4 is 10.6 Å². The highest BCUT2D eigenvalue weighted by Crippen LogP contribution is 2.50. The van der Waals surface area contributed by atoms with Gasteiger partial charge in [-0.05, 0) is 82.4 Å². The second kappa shape index (κ2) is 8.01. The van der Waals surface area contributed by atoms with Crippen LogP contribution in [0.2, 0.25) is 0 Å². The Morgan fingerprint density at radius 1 is 1.03 bits per heavy atom. The van der Waals surface area contributed by atoms with Crippen LogP contribution in [0.4, 0.5) is 5.69 Å². The molecule has 2 aliphatic carbocycles. The van der Waals surface area contributed by atoms with E-state index in [2.05, 4.69) is 15.7 Å². The monoisotopic (exact) mass is 394 g/mol. The van der Waals surface area contributed by atoms with Crippen molar-refractivity contribution >= 4 is 17.5 Å². The van der Waals surface area contributed by atoms with E-state index in [9.17, 15) is 9.59 Å². The molecule has 2 aromatic rings. The van der Waals surface area contributed by atoms with E-state index < -0.39 is 6.04 Å². The van der Waals surface area contributed by atoms with Crippen molar-refractivity contribution in [2.45, 2.75) is 58.5 Å². The Morgan fingerprint density at radius 2 is 1.66 bits per heavy atom. The molecule has 0 saturated heterocycles. The fourth-order valence-corrected chi connectivity index (χ4v) is 4.21. The summed E-state index contributed by atoms with van der Waals surface area (Å²) in [6, 6.07) is 9.03. The minimum atomic E-state index is -0.528. The van der Waals surface area contributed by atoms with Gasteiger partial charge in [0.25, 0.3) is 5.91 Å². The summed E-state index contributed by atoms with van der Waals surface area (Å²) in [4.78, 5) is 26.4. The third-order valence-electron chi connectivity index (χ3n) is 6.00. The Morgan fingerprint density at radius 3 is 2.21 bits per heavy atom. The van der Waals surface area contributed by atoms with Gasteiger partial charge in [-0.25, -0.2) is 0 Å². The molecule has 6 nitrogen and oxygen atoms in total. The smallest absolute Gasteiger partial charge is 0.270 e. The highest BCUT2D eigenvalue weighted by molar-refractivity contribution is 6.00. The Hall–Kier alpha value is -2.63. The molecule has 1 aromatic carbocycles. The molecule has 0 bridgehead atoms. The van der Waals surface area contributed by atoms with Crippen molar-refractivity contribution < 1.29 is 9.59 Å². The maximum atomic E-state index is 13.3. The van der Waals surface area contributed by atoms with Gasteiger partial charge in [0.2, 0.25) is 5.91 Å². The van der Waals surface area contributed by atoms with Gasteiger partial charge in [-0.3, -0.25) is 14.3 Å². The number of carbonyl (C=O) groups excluding carboxylic acids is 2. The first-order valence-electron chi connectivity index (χ1n) is 10.7. The van der Waals surface area contributed by atoms with Gasteiger partial charge in [0, 0.05) is 17.9 Å². The minimum Gasteiger partial charge on any atom is -0.339 e. The molecule has 6 heteroatoms. The van der Waals surface area contributed by atoms with Crippen LogP contribution in [0, 0.1) is 24.7 Å². The topological polar surface area (TPSA) is 76.0 Å². The highest BCUT2D eigenvalue weighted by atomic mass is 16.2. The van der Waals surface area contributed by atoms with Gasteiger partial charge in [0.1, 0.15) is 11.7 Å². The Kier molecular flexibility index (Phi) is 5.43. The van der Waals surface area contributed by atoms with Crippen molar-refractivity contribution in [1.82, 2.24) is 15.1 Å². The quantitative estimate of drug-likeness (QED) is 0.712. The first kappa shape index (κ1) is 19.7. The van der Waals surface area contributed by atoms with Crippen molar-refractivity contribution in [1.29, 1.82) is 0 Å². The average molecular weight is 395 g/mol. The number of nitrogens with one attached hydrogen (secondary N) is 2. The van der Waals surface area contributed by atoms with Gasteiger partial charge >= 0.3 is 0 Å². The molecule has 1 atom stereocenters. The Balaban J connectivity index is 1.56. The van der Waals surface area contributed by atoms with Crippen LogP contribution in [0.3, 0.4) is 0 Å². The third kappa shape index (κ3) is 4.52. The second-order valence-corrected chi connectivity index (χ2v) is 8.81. The number of anilines is 1. The van der Waals surface area contributed by atoms with Crippen LogP contribution in [-0.4, -0.2) is 27.6 Å². The number of aryl methyl sites for hydroxylation is 1. The van der Waals surface area contributed by atoms with Gasteiger partial charge < -0.3 is 10.6 Å². The van der Waals surface area contributed by atoms with E-state index in [1.165, 1.54) is 0 Å². The third-order valence-corrected chi connectivity index (χ3v) is 6.00. The van der Waals surface area contributed by atoms with E-state index in [0.29, 0.717) is 17.5 Å². The zero-order chi connectivity index (χ0) is 20.5. The zero-order valence-corrected chi connectivity index (χ0v) is 17.4. The van der Waals surface area contributed by atoms with Crippen LogP contribution in [0.1, 0.15) is 61.6 Å². The van der Waals surface area contributed by atoms with Crippen LogP contribution in [0.5, 0.6) is 0 Å². The summed E-state index contributed by atoms with van der Waals surface area (Å²) >= 11 is 0. The minimum absolute atomic E-state index is 0.0771. The number of hydrogen-bond acceptors (Lipinski definition) is 3. The first-order valence-corrected chi connectivity index (χ1v) is 10.7. The number of benzene rings is 1. The molecule has 0 spiro atoms. The largest absolute Gasteiger partial charge is 0.339 e. The van der Waals surface area contributed by atoms with E-state index in [4.69, 9.17) is 0 Å². The van der Waals surface area contributed by atoms with Gasteiger partial charge in [0.15, 0.2) is 0 Å². The molecule has 4 rings (SSSR count). The van der Waals surface area contributed by atoms with Gasteiger partial charge in [0.05, 0.1) is 0 Å². The lowest BCUT2D eigenvalue weighted by molar-refractivity contribution is -0.119. The van der Waals surface area contributed by atoms with E-state index in [1.54, 1.807) is 16.9 Å². The molecule has 29 heavy (non-hydrogen) atoms. The molecule has 2 amide bonds. The predicted octanol–water partition coefficient (Wildman–Crippen LogP) is 3.95. The van der Waals surface area contributed by atoms with E-state index in [1.807, 2.05) is 45.0 Å². The number of rotatable bonds is 8. The molecule has 2 N–H and O–H groups in total. The Bertz CT molecular complexity index is 867. The molecule has 2 fully saturated rings. The molecule has 154 valence electrons. The van der Waals surface area contributed by atoms with Crippen molar-refractivity contribution in [3.63, 3.8) is 0 Å². The summed E-state index contributed by atoms with van der Waals surface area (Å²) in [7, 11) is 0. The van der Waals surface area contributed by atoms with Crippen molar-refractivity contribution in [2.24, 2.45) is 17.8 Å². The van der Waals surface area contributed by atoms with Crippen LogP contribution in [-0.2, 0) is 4.79 Å². The summed E-state index contributed by atoms with van der Waals surface area (Å²) in [5.41, 5.74) is 2.40. The number of hydrogen-bond donors (Lipinski definition) is 2. The zero-order valence-electron chi connectivity index (χ0n) is 17.4. The van der Waals surface area contributed by atoms with Crippen molar-refractivity contribution in [3.8, 4) is 0 Å². The second-order valence-electron chi connectivity index (χ2n) is 8.81. The van der Waals surface area contributed by atoms with Crippen LogP contribution in [0.15, 0.2) is 36.5 Å². The van der Waals surface area contributed by atoms with E-state index >= 15 is 0 Å². The fraction of sp³-hybridized carbons (Fsp3) is 0.522. The summed E-state index contributed by atoms with van der Waals surface area (Å²) < 4.78 is 1.70. The maximum Gasteiger partial charge on any atom is 0.270 e. The highest BCUT2D eigenvalue weighted by Gasteiger charge is 2.48. The molecule has 1 heterocycles. The fourth-order valence-electron chi connectivity index (χ4n) is 4.21. The van der Waals surface area contributed by atoms with Crippen molar-refractivity contribution in [3.05, 3.63) is 47.8 Å². The standard InChI is InChI=1S/C23H30N4O2/c1-14(2)27-19(12-13-24-27)22(28)26-21(20(16-6-7-16)17-8-9-17)23(29)25-18-10-4-15(3)5-11-18/h4-5,10-14,16-17,20-21H,6-9H2,1-3H3,(H,25,29)(H,26,28)/t21-/m0/s1. The SMILES string of the molecule is Cc1ccc(NC(=O)[C@@H](NC(=O)c2ccnn2C(C)C)C(C2CC2)C2CC2)cc1. The molecule has 2 saturated carbocycles. The Labute approximate surface area is 172 Å². The lowest BCUT2D eigenvalue weighted by Gasteiger charge is -2.27. The molecular weight excluding hydrogens is 364 g/mol. The predicted molar refractivity (Wildman–Crippen MR) is 113 cm³/mol. The molecule has 0 radical (unpaired) electrons. The first-order chi connectivity index (χ1) is 13.9. The van der Waals surface area contributed by atoms with E-state index in [0.717, 1.165) is 36.9 Å². The molecule has 1 aromatic heterocycles. The maximum absolute atomic E-state index is 13.3. The van der Waals surface area contributed by atoms with Crippen LogP contribution >= 0.6 is 0 Å². The molecule has 2 aliphatic rings. The van der Waals surface area contributed by atoms with Crippen molar-refractivity contribution in [2.75, 3.05) is 5.32 Å². The van der Waals surface area contributed by atoms with Gasteiger partial charge in [-0.2, -0.15) is 5.10 Å². The number of aromatic nitrogens is 2. The van der Waals surface area contributed by atoms with Crippen LogP contribution in [0.25, 0.3) is 0 Å². The summed E-state index contributed by atoms with van der Waals surface area (Å²) in [6.07, 6.45) is 6.23. The molecule has 0 aliphatic heterocycles. The van der Waals surface area contributed by atoms with E-state index in [-0.39, 0.29) is 23.8 Å². The molecular formula is C23H30N4O2. The lowest BCUT2D eigenvalue weighted by atomic mass is 9.88. The van der Waals surface area contributed by atoms with Gasteiger partial charge in [-0.15, -0.1) is 0 Å². The van der Waals surface area contributed by atoms with Gasteiger partial charge in [-0.1, -0.05) is 17.7 Å². The number of nitrogens with zero attached hydrogens (tertiary/aromatic N) is 2. The number of amides is 2. The summed E-state index contributed by atoms with van der Waals surface area (Å²) in [5.74, 6) is 0.922. The normalized spacial score (nSPS) is 17.4. The average Bonchev–Trinajstić information content (AvgIpc) is 3.62.